The van der Waals surface area contributed by atoms with Gasteiger partial charge in [-0.2, -0.15) is 0 Å². The van der Waals surface area contributed by atoms with Crippen molar-refractivity contribution >= 4 is 27.3 Å². The van der Waals surface area contributed by atoms with Gasteiger partial charge >= 0.3 is 0 Å². The Morgan fingerprint density at radius 1 is 0.903 bits per heavy atom. The molecule has 8 heteroatoms. The number of benzene rings is 3. The van der Waals surface area contributed by atoms with Crippen LogP contribution in [-0.4, -0.2) is 27.5 Å². The number of para-hydroxylation sites is 3. The van der Waals surface area contributed by atoms with E-state index in [0.29, 0.717) is 22.9 Å². The molecule has 0 aromatic heterocycles. The second kappa shape index (κ2) is 9.53. The van der Waals surface area contributed by atoms with Crippen LogP contribution in [0.15, 0.2) is 77.7 Å². The summed E-state index contributed by atoms with van der Waals surface area (Å²) in [5.41, 5.74) is 1.73. The van der Waals surface area contributed by atoms with E-state index in [2.05, 4.69) is 10.0 Å². The van der Waals surface area contributed by atoms with E-state index in [9.17, 15) is 13.2 Å². The highest BCUT2D eigenvalue weighted by Crippen LogP contribution is 2.26. The van der Waals surface area contributed by atoms with Gasteiger partial charge in [-0.25, -0.2) is 8.42 Å². The second-order valence-electron chi connectivity index (χ2n) is 6.84. The molecule has 0 unspecified atom stereocenters. The summed E-state index contributed by atoms with van der Waals surface area (Å²) < 4.78 is 38.7. The summed E-state index contributed by atoms with van der Waals surface area (Å²) in [4.78, 5) is 12.5. The Morgan fingerprint density at radius 2 is 1.52 bits per heavy atom. The molecule has 0 fully saturated rings. The van der Waals surface area contributed by atoms with Crippen molar-refractivity contribution in [3.8, 4) is 11.5 Å². The molecule has 0 aliphatic carbocycles. The van der Waals surface area contributed by atoms with Gasteiger partial charge in [0.1, 0.15) is 11.5 Å². The molecule has 2 N–H and O–H groups in total. The average molecular weight is 441 g/mol. The standard InChI is InChI=1S/C23H24N2O5S/c1-16-8-4-6-10-21(16)30-17(2)23(26)24-18-12-14-19(15-13-18)31(27,28)25-20-9-5-7-11-22(20)29-3/h4-15,17,25H,1-3H3,(H,24,26)/t17-/m1/s1. The summed E-state index contributed by atoms with van der Waals surface area (Å²) >= 11 is 0. The third-order valence-corrected chi connectivity index (χ3v) is 5.93. The fraction of sp³-hybridized carbons (Fsp3) is 0.174. The third-order valence-electron chi connectivity index (χ3n) is 4.55. The molecular formula is C23H24N2O5S. The SMILES string of the molecule is COc1ccccc1NS(=O)(=O)c1ccc(NC(=O)[C@@H](C)Oc2ccccc2C)cc1. The van der Waals surface area contributed by atoms with Crippen molar-refractivity contribution in [3.63, 3.8) is 0 Å². The summed E-state index contributed by atoms with van der Waals surface area (Å²) in [6, 6.07) is 20.0. The number of nitrogens with one attached hydrogen (secondary N) is 2. The predicted octanol–water partition coefficient (Wildman–Crippen LogP) is 4.21. The van der Waals surface area contributed by atoms with Crippen molar-refractivity contribution in [2.45, 2.75) is 24.8 Å². The molecule has 0 aliphatic rings. The lowest BCUT2D eigenvalue weighted by molar-refractivity contribution is -0.122. The van der Waals surface area contributed by atoms with Crippen LogP contribution in [0.3, 0.4) is 0 Å². The Morgan fingerprint density at radius 3 is 2.16 bits per heavy atom. The van der Waals surface area contributed by atoms with E-state index in [1.807, 2.05) is 25.1 Å². The molecule has 3 rings (SSSR count). The van der Waals surface area contributed by atoms with Crippen LogP contribution in [0.2, 0.25) is 0 Å². The van der Waals surface area contributed by atoms with Crippen molar-refractivity contribution < 1.29 is 22.7 Å². The second-order valence-corrected chi connectivity index (χ2v) is 8.53. The van der Waals surface area contributed by atoms with Crippen LogP contribution < -0.4 is 19.5 Å². The van der Waals surface area contributed by atoms with E-state index in [0.717, 1.165) is 5.56 Å². The van der Waals surface area contributed by atoms with Crippen molar-refractivity contribution in [2.75, 3.05) is 17.1 Å². The van der Waals surface area contributed by atoms with Crippen molar-refractivity contribution in [1.29, 1.82) is 0 Å². The summed E-state index contributed by atoms with van der Waals surface area (Å²) in [6.07, 6.45) is -0.725. The molecular weight excluding hydrogens is 416 g/mol. The molecule has 0 spiro atoms. The maximum absolute atomic E-state index is 12.7. The maximum atomic E-state index is 12.7. The fourth-order valence-electron chi connectivity index (χ4n) is 2.83. The number of hydrogen-bond acceptors (Lipinski definition) is 5. The Labute approximate surface area is 182 Å². The molecule has 0 heterocycles. The van der Waals surface area contributed by atoms with Gasteiger partial charge in [-0.1, -0.05) is 30.3 Å². The quantitative estimate of drug-likeness (QED) is 0.547. The van der Waals surface area contributed by atoms with E-state index in [4.69, 9.17) is 9.47 Å². The lowest BCUT2D eigenvalue weighted by Crippen LogP contribution is -2.30. The molecule has 3 aromatic carbocycles. The van der Waals surface area contributed by atoms with Crippen LogP contribution in [0.1, 0.15) is 12.5 Å². The molecule has 0 radical (unpaired) electrons. The van der Waals surface area contributed by atoms with Crippen LogP contribution in [-0.2, 0) is 14.8 Å². The highest BCUT2D eigenvalue weighted by Gasteiger charge is 2.18. The summed E-state index contributed by atoms with van der Waals surface area (Å²) in [5, 5.41) is 2.73. The van der Waals surface area contributed by atoms with Gasteiger partial charge in [-0.3, -0.25) is 9.52 Å². The molecule has 3 aromatic rings. The zero-order valence-corrected chi connectivity index (χ0v) is 18.3. The molecule has 1 amide bonds. The molecule has 0 bridgehead atoms. The smallest absolute Gasteiger partial charge is 0.265 e. The minimum absolute atomic E-state index is 0.0561. The van der Waals surface area contributed by atoms with Gasteiger partial charge in [-0.15, -0.1) is 0 Å². The number of rotatable bonds is 8. The number of carbonyl (C=O) groups excluding carboxylic acids is 1. The number of ether oxygens (including phenoxy) is 2. The first-order valence-corrected chi connectivity index (χ1v) is 11.1. The zero-order chi connectivity index (χ0) is 22.4. The Balaban J connectivity index is 1.66. The number of carbonyl (C=O) groups is 1. The Hall–Kier alpha value is -3.52. The van der Waals surface area contributed by atoms with Crippen LogP contribution in [0.25, 0.3) is 0 Å². The Bertz CT molecular complexity index is 1160. The summed E-state index contributed by atoms with van der Waals surface area (Å²) in [6.45, 7) is 3.55. The number of methoxy groups -OCH3 is 1. The first kappa shape index (κ1) is 22.2. The third kappa shape index (κ3) is 5.55. The van der Waals surface area contributed by atoms with E-state index < -0.39 is 16.1 Å². The van der Waals surface area contributed by atoms with Gasteiger partial charge in [0, 0.05) is 5.69 Å². The largest absolute Gasteiger partial charge is 0.495 e. The maximum Gasteiger partial charge on any atom is 0.265 e. The van der Waals surface area contributed by atoms with E-state index in [-0.39, 0.29) is 10.8 Å². The molecule has 31 heavy (non-hydrogen) atoms. The minimum atomic E-state index is -3.82. The average Bonchev–Trinajstić information content (AvgIpc) is 2.76. The Kier molecular flexibility index (Phi) is 6.81. The molecule has 162 valence electrons. The molecule has 7 nitrogen and oxygen atoms in total. The zero-order valence-electron chi connectivity index (χ0n) is 17.5. The first-order valence-electron chi connectivity index (χ1n) is 9.59. The lowest BCUT2D eigenvalue weighted by atomic mass is 10.2. The molecule has 0 saturated carbocycles. The minimum Gasteiger partial charge on any atom is -0.495 e. The van der Waals surface area contributed by atoms with Gasteiger partial charge < -0.3 is 14.8 Å². The van der Waals surface area contributed by atoms with Gasteiger partial charge in [-0.05, 0) is 61.9 Å². The lowest BCUT2D eigenvalue weighted by Gasteiger charge is -2.16. The van der Waals surface area contributed by atoms with Crippen molar-refractivity contribution in [1.82, 2.24) is 0 Å². The first-order chi connectivity index (χ1) is 14.8. The number of amides is 1. The topological polar surface area (TPSA) is 93.7 Å². The summed E-state index contributed by atoms with van der Waals surface area (Å²) in [5.74, 6) is 0.706. The predicted molar refractivity (Wildman–Crippen MR) is 120 cm³/mol. The van der Waals surface area contributed by atoms with E-state index >= 15 is 0 Å². The molecule has 0 saturated heterocycles. The fourth-order valence-corrected chi connectivity index (χ4v) is 3.90. The number of sulfonamides is 1. The van der Waals surface area contributed by atoms with E-state index in [1.165, 1.54) is 31.4 Å². The van der Waals surface area contributed by atoms with Gasteiger partial charge in [0.05, 0.1) is 17.7 Å². The highest BCUT2D eigenvalue weighted by molar-refractivity contribution is 7.92. The van der Waals surface area contributed by atoms with Gasteiger partial charge in [0.15, 0.2) is 6.10 Å². The van der Waals surface area contributed by atoms with Crippen molar-refractivity contribution in [3.05, 3.63) is 78.4 Å². The normalized spacial score (nSPS) is 12.0. The van der Waals surface area contributed by atoms with Crippen LogP contribution in [0.5, 0.6) is 11.5 Å². The van der Waals surface area contributed by atoms with Crippen molar-refractivity contribution in [2.24, 2.45) is 0 Å². The van der Waals surface area contributed by atoms with E-state index in [1.54, 1.807) is 37.3 Å². The number of aryl methyl sites for hydroxylation is 1. The highest BCUT2D eigenvalue weighted by atomic mass is 32.2. The van der Waals surface area contributed by atoms with Crippen LogP contribution in [0.4, 0.5) is 11.4 Å². The number of anilines is 2. The monoisotopic (exact) mass is 440 g/mol. The number of hydrogen-bond donors (Lipinski definition) is 2. The molecule has 1 atom stereocenters. The van der Waals surface area contributed by atoms with Crippen LogP contribution >= 0.6 is 0 Å². The van der Waals surface area contributed by atoms with Gasteiger partial charge in [0.25, 0.3) is 15.9 Å². The van der Waals surface area contributed by atoms with Crippen LogP contribution in [0, 0.1) is 6.92 Å². The molecule has 0 aliphatic heterocycles. The van der Waals surface area contributed by atoms with Gasteiger partial charge in [0.2, 0.25) is 0 Å². The summed E-state index contributed by atoms with van der Waals surface area (Å²) in [7, 11) is -2.35.